The standard InChI is InChI=1S/C12H12N2.Ni/c1-9-3-5-11(13-7-9)12-6-4-10(2)8-14-12;/h3-8H,1-2H3;/q;+2. The van der Waals surface area contributed by atoms with Gasteiger partial charge in [0, 0.05) is 12.4 Å². The molecule has 2 aromatic heterocycles. The molecule has 0 saturated carbocycles. The van der Waals surface area contributed by atoms with E-state index in [9.17, 15) is 0 Å². The average molecular weight is 243 g/mol. The molecular weight excluding hydrogens is 231 g/mol. The number of rotatable bonds is 1. The Morgan fingerprint density at radius 1 is 0.733 bits per heavy atom. The van der Waals surface area contributed by atoms with Crippen LogP contribution < -0.4 is 0 Å². The summed E-state index contributed by atoms with van der Waals surface area (Å²) >= 11 is 0. The first-order valence-electron chi connectivity index (χ1n) is 4.61. The van der Waals surface area contributed by atoms with Crippen molar-refractivity contribution in [3.05, 3.63) is 47.8 Å². The van der Waals surface area contributed by atoms with Crippen LogP contribution >= 0.6 is 0 Å². The third kappa shape index (κ3) is 2.87. The first kappa shape index (κ1) is 11.9. The predicted octanol–water partition coefficient (Wildman–Crippen LogP) is 2.76. The van der Waals surface area contributed by atoms with Crippen LogP contribution in [0.25, 0.3) is 11.4 Å². The first-order chi connectivity index (χ1) is 6.75. The third-order valence-corrected chi connectivity index (χ3v) is 2.09. The molecule has 0 radical (unpaired) electrons. The molecule has 0 spiro atoms. The van der Waals surface area contributed by atoms with Crippen LogP contribution in [-0.4, -0.2) is 9.97 Å². The summed E-state index contributed by atoms with van der Waals surface area (Å²) in [6.07, 6.45) is 3.72. The smallest absolute Gasteiger partial charge is 0.254 e. The van der Waals surface area contributed by atoms with E-state index in [1.165, 1.54) is 11.1 Å². The third-order valence-electron chi connectivity index (χ3n) is 2.09. The Balaban J connectivity index is 0.00000112. The second kappa shape index (κ2) is 5.04. The van der Waals surface area contributed by atoms with Crippen LogP contribution in [0, 0.1) is 13.8 Å². The van der Waals surface area contributed by atoms with E-state index in [4.69, 9.17) is 0 Å². The van der Waals surface area contributed by atoms with Crippen LogP contribution in [0.1, 0.15) is 11.1 Å². The Bertz CT molecular complexity index is 377. The maximum atomic E-state index is 4.32. The molecule has 0 saturated heterocycles. The quantitative estimate of drug-likeness (QED) is 0.719. The summed E-state index contributed by atoms with van der Waals surface area (Å²) in [7, 11) is 0. The van der Waals surface area contributed by atoms with E-state index in [0.717, 1.165) is 11.4 Å². The monoisotopic (exact) mass is 242 g/mol. The maximum absolute atomic E-state index is 4.32. The molecule has 78 valence electrons. The maximum Gasteiger partial charge on any atom is 2.00 e. The van der Waals surface area contributed by atoms with E-state index in [1.54, 1.807) is 0 Å². The fourth-order valence-corrected chi connectivity index (χ4v) is 1.24. The molecule has 0 aliphatic rings. The molecule has 3 heteroatoms. The van der Waals surface area contributed by atoms with Crippen LogP contribution in [0.2, 0.25) is 0 Å². The van der Waals surface area contributed by atoms with Crippen molar-refractivity contribution in [2.45, 2.75) is 13.8 Å². The summed E-state index contributed by atoms with van der Waals surface area (Å²) in [6.45, 7) is 4.05. The Labute approximate surface area is 99.7 Å². The van der Waals surface area contributed by atoms with E-state index in [1.807, 2.05) is 50.5 Å². The van der Waals surface area contributed by atoms with Gasteiger partial charge in [-0.15, -0.1) is 0 Å². The normalized spacial score (nSPS) is 9.47. The van der Waals surface area contributed by atoms with Gasteiger partial charge in [0.15, 0.2) is 0 Å². The summed E-state index contributed by atoms with van der Waals surface area (Å²) < 4.78 is 0. The van der Waals surface area contributed by atoms with Crippen LogP contribution in [0.15, 0.2) is 36.7 Å². The molecular formula is C12H12N2Ni+2. The van der Waals surface area contributed by atoms with Crippen molar-refractivity contribution in [3.8, 4) is 11.4 Å². The van der Waals surface area contributed by atoms with E-state index < -0.39 is 0 Å². The molecule has 0 fully saturated rings. The van der Waals surface area contributed by atoms with Crippen LogP contribution in [-0.2, 0) is 16.5 Å². The van der Waals surface area contributed by atoms with Gasteiger partial charge in [0.25, 0.3) is 0 Å². The zero-order valence-corrected chi connectivity index (χ0v) is 9.66. The average Bonchev–Trinajstić information content (AvgIpc) is 2.21. The summed E-state index contributed by atoms with van der Waals surface area (Å²) in [5.41, 5.74) is 4.19. The van der Waals surface area contributed by atoms with Crippen molar-refractivity contribution >= 4 is 0 Å². The fourth-order valence-electron chi connectivity index (χ4n) is 1.24. The SMILES string of the molecule is Cc1ccc(-c2ccc(C)cn2)nc1.[Ni+2]. The zero-order valence-electron chi connectivity index (χ0n) is 8.67. The van der Waals surface area contributed by atoms with Crippen LogP contribution in [0.5, 0.6) is 0 Å². The van der Waals surface area contributed by atoms with Gasteiger partial charge in [-0.2, -0.15) is 0 Å². The second-order valence-corrected chi connectivity index (χ2v) is 3.44. The molecule has 0 aliphatic heterocycles. The van der Waals surface area contributed by atoms with Gasteiger partial charge in [-0.25, -0.2) is 0 Å². The van der Waals surface area contributed by atoms with Crippen molar-refractivity contribution in [2.24, 2.45) is 0 Å². The molecule has 0 unspecified atom stereocenters. The molecule has 0 aliphatic carbocycles. The molecule has 0 atom stereocenters. The van der Waals surface area contributed by atoms with Crippen molar-refractivity contribution < 1.29 is 16.5 Å². The summed E-state index contributed by atoms with van der Waals surface area (Å²) in [5, 5.41) is 0. The van der Waals surface area contributed by atoms with Crippen molar-refractivity contribution in [1.29, 1.82) is 0 Å². The molecule has 2 rings (SSSR count). The second-order valence-electron chi connectivity index (χ2n) is 3.44. The number of aromatic nitrogens is 2. The summed E-state index contributed by atoms with van der Waals surface area (Å²) in [4.78, 5) is 8.63. The first-order valence-corrected chi connectivity index (χ1v) is 4.61. The zero-order chi connectivity index (χ0) is 9.97. The molecule has 15 heavy (non-hydrogen) atoms. The van der Waals surface area contributed by atoms with Crippen LogP contribution in [0.4, 0.5) is 0 Å². The van der Waals surface area contributed by atoms with E-state index >= 15 is 0 Å². The molecule has 2 aromatic rings. The topological polar surface area (TPSA) is 25.8 Å². The van der Waals surface area contributed by atoms with Gasteiger partial charge in [0.2, 0.25) is 0 Å². The minimum absolute atomic E-state index is 0. The number of hydrogen-bond donors (Lipinski definition) is 0. The minimum atomic E-state index is 0. The van der Waals surface area contributed by atoms with Gasteiger partial charge in [-0.05, 0) is 37.1 Å². The van der Waals surface area contributed by atoms with Gasteiger partial charge in [-0.1, -0.05) is 12.1 Å². The van der Waals surface area contributed by atoms with Gasteiger partial charge in [0.05, 0.1) is 11.4 Å². The molecule has 0 N–H and O–H groups in total. The van der Waals surface area contributed by atoms with Gasteiger partial charge in [-0.3, -0.25) is 9.97 Å². The molecule has 0 bridgehead atoms. The van der Waals surface area contributed by atoms with Crippen molar-refractivity contribution in [3.63, 3.8) is 0 Å². The molecule has 0 amide bonds. The van der Waals surface area contributed by atoms with Crippen molar-refractivity contribution in [2.75, 3.05) is 0 Å². The van der Waals surface area contributed by atoms with E-state index in [2.05, 4.69) is 9.97 Å². The van der Waals surface area contributed by atoms with E-state index in [-0.39, 0.29) is 16.5 Å². The van der Waals surface area contributed by atoms with E-state index in [0.29, 0.717) is 0 Å². The van der Waals surface area contributed by atoms with Crippen LogP contribution in [0.3, 0.4) is 0 Å². The number of pyridine rings is 2. The largest absolute Gasteiger partial charge is 2.00 e. The Morgan fingerprint density at radius 2 is 1.13 bits per heavy atom. The van der Waals surface area contributed by atoms with Gasteiger partial charge >= 0.3 is 16.5 Å². The molecule has 2 heterocycles. The summed E-state index contributed by atoms with van der Waals surface area (Å²) in [5.74, 6) is 0. The fraction of sp³-hybridized carbons (Fsp3) is 0.167. The Kier molecular flexibility index (Phi) is 3.99. The number of aryl methyl sites for hydroxylation is 2. The van der Waals surface area contributed by atoms with Crippen molar-refractivity contribution in [1.82, 2.24) is 9.97 Å². The predicted molar refractivity (Wildman–Crippen MR) is 56.9 cm³/mol. The number of nitrogens with zero attached hydrogens (tertiary/aromatic N) is 2. The van der Waals surface area contributed by atoms with Gasteiger partial charge in [0.1, 0.15) is 0 Å². The van der Waals surface area contributed by atoms with Gasteiger partial charge < -0.3 is 0 Å². The Morgan fingerprint density at radius 3 is 1.40 bits per heavy atom. The minimum Gasteiger partial charge on any atom is -0.254 e. The summed E-state index contributed by atoms with van der Waals surface area (Å²) in [6, 6.07) is 8.08. The Hall–Kier alpha value is -1.21. The molecule has 2 nitrogen and oxygen atoms in total. The number of hydrogen-bond acceptors (Lipinski definition) is 2. The molecule has 0 aromatic carbocycles.